The fourth-order valence-corrected chi connectivity index (χ4v) is 3.38. The van der Waals surface area contributed by atoms with Crippen LogP contribution in [0.25, 0.3) is 11.2 Å². The van der Waals surface area contributed by atoms with Crippen LogP contribution in [-0.4, -0.2) is 41.9 Å². The van der Waals surface area contributed by atoms with Crippen molar-refractivity contribution in [3.05, 3.63) is 71.5 Å². The molecule has 0 fully saturated rings. The molecule has 0 aliphatic carbocycles. The predicted octanol–water partition coefficient (Wildman–Crippen LogP) is 3.68. The summed E-state index contributed by atoms with van der Waals surface area (Å²) in [6.45, 7) is 6.61. The second-order valence-corrected chi connectivity index (χ2v) is 8.53. The van der Waals surface area contributed by atoms with Crippen LogP contribution in [0.1, 0.15) is 30.5 Å². The van der Waals surface area contributed by atoms with Gasteiger partial charge >= 0.3 is 0 Å². The number of aromatic nitrogens is 4. The van der Waals surface area contributed by atoms with Gasteiger partial charge in [-0.3, -0.25) is 0 Å². The van der Waals surface area contributed by atoms with E-state index in [2.05, 4.69) is 37.7 Å². The number of phenolic OH excluding ortho intramolecular Hbond substituents is 1. The Hall–Kier alpha value is -3.65. The zero-order valence-electron chi connectivity index (χ0n) is 18.5. The third kappa shape index (κ3) is 4.97. The van der Waals surface area contributed by atoms with Crippen LogP contribution in [0.5, 0.6) is 5.75 Å². The van der Waals surface area contributed by atoms with Gasteiger partial charge in [-0.25, -0.2) is 4.98 Å². The second kappa shape index (κ2) is 8.84. The Balaban J connectivity index is 1.68. The molecule has 0 saturated heterocycles. The van der Waals surface area contributed by atoms with Gasteiger partial charge in [-0.15, -0.1) is 0 Å². The Kier molecular flexibility index (Phi) is 5.96. The van der Waals surface area contributed by atoms with Crippen LogP contribution in [0.15, 0.2) is 54.9 Å². The fourth-order valence-electron chi connectivity index (χ4n) is 3.38. The lowest BCUT2D eigenvalue weighted by Crippen LogP contribution is -2.30. The van der Waals surface area contributed by atoms with E-state index in [0.717, 1.165) is 16.7 Å². The lowest BCUT2D eigenvalue weighted by molar-refractivity contribution is 0.0943. The molecule has 2 heterocycles. The van der Waals surface area contributed by atoms with Crippen molar-refractivity contribution in [2.24, 2.45) is 0 Å². The van der Waals surface area contributed by atoms with Gasteiger partial charge in [0.2, 0.25) is 5.95 Å². The Morgan fingerprint density at radius 2 is 1.78 bits per heavy atom. The van der Waals surface area contributed by atoms with Crippen LogP contribution in [-0.2, 0) is 13.1 Å². The molecule has 0 aliphatic heterocycles. The third-order valence-corrected chi connectivity index (χ3v) is 5.11. The van der Waals surface area contributed by atoms with E-state index in [-0.39, 0.29) is 5.75 Å². The molecule has 0 radical (unpaired) electrons. The van der Waals surface area contributed by atoms with E-state index in [1.54, 1.807) is 20.2 Å². The molecular weight excluding hydrogens is 404 g/mol. The Morgan fingerprint density at radius 3 is 2.53 bits per heavy atom. The van der Waals surface area contributed by atoms with E-state index in [0.29, 0.717) is 42.6 Å². The van der Waals surface area contributed by atoms with Crippen LogP contribution in [0.2, 0.25) is 0 Å². The van der Waals surface area contributed by atoms with Gasteiger partial charge in [0.1, 0.15) is 5.75 Å². The molecule has 0 unspecified atom stereocenters. The number of aromatic hydroxyl groups is 1. The minimum absolute atomic E-state index is 0.264. The number of anilines is 2. The second-order valence-electron chi connectivity index (χ2n) is 8.53. The van der Waals surface area contributed by atoms with Crippen molar-refractivity contribution in [2.75, 3.05) is 17.2 Å². The highest BCUT2D eigenvalue weighted by Gasteiger charge is 2.17. The predicted molar refractivity (Wildman–Crippen MR) is 126 cm³/mol. The highest BCUT2D eigenvalue weighted by Crippen LogP contribution is 2.25. The number of nitrogens with zero attached hydrogens (tertiary/aromatic N) is 4. The third-order valence-electron chi connectivity index (χ3n) is 5.11. The molecule has 4 rings (SSSR count). The normalized spacial score (nSPS) is 11.6. The van der Waals surface area contributed by atoms with Crippen LogP contribution < -0.4 is 10.6 Å². The fraction of sp³-hybridized carbons (Fsp3) is 0.292. The summed E-state index contributed by atoms with van der Waals surface area (Å²) in [4.78, 5) is 13.8. The molecule has 4 aromatic rings. The van der Waals surface area contributed by atoms with Crippen molar-refractivity contribution in [1.82, 2.24) is 19.5 Å². The van der Waals surface area contributed by atoms with E-state index in [9.17, 15) is 10.2 Å². The number of benzene rings is 2. The number of rotatable bonds is 8. The van der Waals surface area contributed by atoms with Gasteiger partial charge in [0.05, 0.1) is 18.5 Å². The summed E-state index contributed by atoms with van der Waals surface area (Å²) in [5, 5.41) is 26.9. The highest BCUT2D eigenvalue weighted by atomic mass is 16.3. The average molecular weight is 433 g/mol. The molecule has 4 N–H and O–H groups in total. The maximum absolute atomic E-state index is 10.4. The first-order chi connectivity index (χ1) is 15.3. The quantitative estimate of drug-likeness (QED) is 0.336. The largest absolute Gasteiger partial charge is 0.507 e. The first-order valence-electron chi connectivity index (χ1n) is 10.5. The lowest BCUT2D eigenvalue weighted by atomic mass is 10.1. The van der Waals surface area contributed by atoms with Gasteiger partial charge in [-0.2, -0.15) is 9.97 Å². The Morgan fingerprint density at radius 1 is 1.00 bits per heavy atom. The molecule has 0 amide bonds. The van der Waals surface area contributed by atoms with Gasteiger partial charge in [0.25, 0.3) is 0 Å². The summed E-state index contributed by atoms with van der Waals surface area (Å²) < 4.78 is 1.97. The zero-order chi connectivity index (χ0) is 22.7. The van der Waals surface area contributed by atoms with Gasteiger partial charge in [0.15, 0.2) is 17.0 Å². The minimum Gasteiger partial charge on any atom is -0.507 e. The maximum atomic E-state index is 10.4. The van der Waals surface area contributed by atoms with Gasteiger partial charge in [-0.05, 0) is 31.9 Å². The lowest BCUT2D eigenvalue weighted by Gasteiger charge is -2.18. The molecular formula is C24H28N6O2. The van der Waals surface area contributed by atoms with Gasteiger partial charge in [0, 0.05) is 18.7 Å². The van der Waals surface area contributed by atoms with E-state index in [1.807, 2.05) is 47.9 Å². The molecule has 0 spiro atoms. The summed E-state index contributed by atoms with van der Waals surface area (Å²) in [5.74, 6) is 1.21. The zero-order valence-corrected chi connectivity index (χ0v) is 18.5. The van der Waals surface area contributed by atoms with Gasteiger partial charge in [-0.1, -0.05) is 48.5 Å². The first kappa shape index (κ1) is 21.6. The number of imidazole rings is 1. The van der Waals surface area contributed by atoms with Crippen molar-refractivity contribution >= 4 is 22.9 Å². The van der Waals surface area contributed by atoms with Crippen molar-refractivity contribution in [1.29, 1.82) is 0 Å². The van der Waals surface area contributed by atoms with Crippen molar-refractivity contribution in [2.45, 2.75) is 39.5 Å². The monoisotopic (exact) mass is 432 g/mol. The highest BCUT2D eigenvalue weighted by molar-refractivity contribution is 5.84. The van der Waals surface area contributed by atoms with E-state index in [1.165, 1.54) is 0 Å². The molecule has 166 valence electrons. The maximum Gasteiger partial charge on any atom is 0.226 e. The molecule has 2 aromatic carbocycles. The van der Waals surface area contributed by atoms with Crippen LogP contribution >= 0.6 is 0 Å². The van der Waals surface area contributed by atoms with E-state index in [4.69, 9.17) is 0 Å². The number of aliphatic hydroxyl groups is 1. The van der Waals surface area contributed by atoms with Crippen molar-refractivity contribution < 1.29 is 10.2 Å². The topological polar surface area (TPSA) is 108 Å². The summed E-state index contributed by atoms with van der Waals surface area (Å²) in [5.41, 5.74) is 3.13. The molecule has 8 heteroatoms. The summed E-state index contributed by atoms with van der Waals surface area (Å²) in [6.07, 6.45) is 1.75. The molecule has 2 aromatic heterocycles. The number of nitrogens with one attached hydrogen (secondary N) is 2. The molecule has 0 bridgehead atoms. The summed E-state index contributed by atoms with van der Waals surface area (Å²) in [6, 6.07) is 15.7. The minimum atomic E-state index is -0.913. The number of para-hydroxylation sites is 1. The smallest absolute Gasteiger partial charge is 0.226 e. The standard InChI is InChI=1S/C24H28N6O2/c1-16-8-7-11-18(20(16)31)12-25-21-19-22(29-23(28-21)26-14-24(2,3)32)30(15-27-19)13-17-9-5-4-6-10-17/h4-11,15,31-32H,12-14H2,1-3H3,(H2,25,26,28,29). The van der Waals surface area contributed by atoms with Gasteiger partial charge < -0.3 is 25.4 Å². The average Bonchev–Trinajstić information content (AvgIpc) is 3.16. The number of hydrogen-bond acceptors (Lipinski definition) is 7. The SMILES string of the molecule is Cc1cccc(CNc2nc(NCC(C)(C)O)nc3c2ncn3Cc2ccccc2)c1O. The number of phenols is 1. The number of aryl methyl sites for hydroxylation is 1. The van der Waals surface area contributed by atoms with E-state index < -0.39 is 5.60 Å². The van der Waals surface area contributed by atoms with Crippen LogP contribution in [0, 0.1) is 6.92 Å². The number of hydrogen-bond donors (Lipinski definition) is 4. The van der Waals surface area contributed by atoms with Crippen molar-refractivity contribution in [3.63, 3.8) is 0 Å². The Labute approximate surface area is 187 Å². The van der Waals surface area contributed by atoms with Crippen molar-refractivity contribution in [3.8, 4) is 5.75 Å². The number of fused-ring (bicyclic) bond motifs is 1. The summed E-state index contributed by atoms with van der Waals surface area (Å²) in [7, 11) is 0. The first-order valence-corrected chi connectivity index (χ1v) is 10.5. The molecule has 32 heavy (non-hydrogen) atoms. The molecule has 0 saturated carbocycles. The molecule has 0 aliphatic rings. The van der Waals surface area contributed by atoms with E-state index >= 15 is 0 Å². The molecule has 0 atom stereocenters. The van der Waals surface area contributed by atoms with Crippen LogP contribution in [0.4, 0.5) is 11.8 Å². The Bertz CT molecular complexity index is 1210. The molecule has 8 nitrogen and oxygen atoms in total. The van der Waals surface area contributed by atoms with Crippen LogP contribution in [0.3, 0.4) is 0 Å². The summed E-state index contributed by atoms with van der Waals surface area (Å²) >= 11 is 0.